The van der Waals surface area contributed by atoms with Crippen LogP contribution in [-0.4, -0.2) is 47.8 Å². The van der Waals surface area contributed by atoms with Crippen LogP contribution in [-0.2, 0) is 9.84 Å². The quantitative estimate of drug-likeness (QED) is 0.342. The van der Waals surface area contributed by atoms with Crippen molar-refractivity contribution in [3.8, 4) is 5.75 Å². The molecule has 0 aromatic heterocycles. The highest BCUT2D eigenvalue weighted by atomic mass is 35.5. The monoisotopic (exact) mass is 531 g/mol. The number of hydrogen-bond donors (Lipinski definition) is 3. The van der Waals surface area contributed by atoms with Gasteiger partial charge in [-0.1, -0.05) is 56.6 Å². The van der Waals surface area contributed by atoms with Crippen LogP contribution in [0, 0.1) is 5.41 Å². The maximum Gasteiger partial charge on any atom is 0.407 e. The Morgan fingerprint density at radius 3 is 1.97 bits per heavy atom. The zero-order valence-corrected chi connectivity index (χ0v) is 21.9. The van der Waals surface area contributed by atoms with E-state index in [0.29, 0.717) is 10.6 Å². The number of aliphatic hydroxyl groups is 1. The Balaban J connectivity index is 1.86. The van der Waals surface area contributed by atoms with Gasteiger partial charge in [-0.25, -0.2) is 13.2 Å². The molecule has 2 atom stereocenters. The largest absolute Gasteiger partial charge is 0.508 e. The lowest BCUT2D eigenvalue weighted by Gasteiger charge is -2.35. The first kappa shape index (κ1) is 27.5. The van der Waals surface area contributed by atoms with Crippen molar-refractivity contribution in [1.29, 1.82) is 0 Å². The number of aromatic hydroxyl groups is 1. The minimum absolute atomic E-state index is 0.0271. The van der Waals surface area contributed by atoms with E-state index in [9.17, 15) is 28.5 Å². The number of nitrogens with zero attached hydrogens (tertiary/aromatic N) is 1. The molecule has 36 heavy (non-hydrogen) atoms. The van der Waals surface area contributed by atoms with Crippen LogP contribution in [0.1, 0.15) is 43.9 Å². The molecule has 0 radical (unpaired) electrons. The number of hydrogen-bond acceptors (Lipinski definition) is 5. The zero-order valence-electron chi connectivity index (χ0n) is 20.3. The average Bonchev–Trinajstić information content (AvgIpc) is 2.81. The summed E-state index contributed by atoms with van der Waals surface area (Å²) >= 11 is 6.01. The Kier molecular flexibility index (Phi) is 8.33. The Hall–Kier alpha value is -3.07. The van der Waals surface area contributed by atoms with Crippen LogP contribution in [0.25, 0.3) is 0 Å². The van der Waals surface area contributed by atoms with Crippen molar-refractivity contribution in [2.75, 3.05) is 13.1 Å². The number of carboxylic acid groups (broad SMARTS) is 1. The van der Waals surface area contributed by atoms with E-state index in [0.717, 1.165) is 5.56 Å². The molecule has 0 bridgehead atoms. The molecule has 1 unspecified atom stereocenters. The third kappa shape index (κ3) is 6.57. The highest BCUT2D eigenvalue weighted by Gasteiger charge is 2.31. The third-order valence-electron chi connectivity index (χ3n) is 6.09. The van der Waals surface area contributed by atoms with Gasteiger partial charge < -0.3 is 20.2 Å². The van der Waals surface area contributed by atoms with Crippen molar-refractivity contribution in [1.82, 2.24) is 4.90 Å². The maximum absolute atomic E-state index is 13.0. The van der Waals surface area contributed by atoms with Crippen molar-refractivity contribution in [3.05, 3.63) is 88.9 Å². The van der Waals surface area contributed by atoms with Crippen LogP contribution in [0.3, 0.4) is 0 Å². The van der Waals surface area contributed by atoms with E-state index in [2.05, 4.69) is 0 Å². The smallest absolute Gasteiger partial charge is 0.407 e. The fraction of sp³-hybridized carbons (Fsp3) is 0.296. The first-order chi connectivity index (χ1) is 16.8. The minimum Gasteiger partial charge on any atom is -0.508 e. The normalized spacial score (nSPS) is 13.7. The number of phenols is 1. The van der Waals surface area contributed by atoms with E-state index in [4.69, 9.17) is 11.6 Å². The van der Waals surface area contributed by atoms with E-state index in [-0.39, 0.29) is 40.0 Å². The number of amides is 1. The molecule has 3 N–H and O–H groups in total. The number of rotatable bonds is 8. The number of carbonyl (C=O) groups is 1. The predicted octanol–water partition coefficient (Wildman–Crippen LogP) is 5.72. The molecule has 3 aromatic carbocycles. The molecular weight excluding hydrogens is 502 g/mol. The topological polar surface area (TPSA) is 115 Å². The Labute approximate surface area is 216 Å². The van der Waals surface area contributed by atoms with Gasteiger partial charge in [0, 0.05) is 17.5 Å². The lowest BCUT2D eigenvalue weighted by atomic mass is 9.76. The molecule has 0 spiro atoms. The number of benzene rings is 3. The maximum atomic E-state index is 13.0. The van der Waals surface area contributed by atoms with Gasteiger partial charge >= 0.3 is 6.09 Å². The highest BCUT2D eigenvalue weighted by Crippen LogP contribution is 2.37. The van der Waals surface area contributed by atoms with E-state index in [1.807, 2.05) is 20.8 Å². The van der Waals surface area contributed by atoms with Gasteiger partial charge in [0.15, 0.2) is 0 Å². The average molecular weight is 532 g/mol. The molecule has 0 aliphatic heterocycles. The van der Waals surface area contributed by atoms with E-state index in [1.165, 1.54) is 41.3 Å². The summed E-state index contributed by atoms with van der Waals surface area (Å²) in [4.78, 5) is 13.4. The number of phenolic OH excluding ortho intramolecular Hbond substituents is 1. The Morgan fingerprint density at radius 1 is 0.917 bits per heavy atom. The summed E-state index contributed by atoms with van der Waals surface area (Å²) in [7, 11) is -3.78. The molecule has 7 nitrogen and oxygen atoms in total. The second-order valence-corrected chi connectivity index (χ2v) is 12.1. The molecule has 0 aliphatic rings. The van der Waals surface area contributed by atoms with Crippen molar-refractivity contribution in [3.63, 3.8) is 0 Å². The number of halogens is 1. The number of sulfone groups is 1. The van der Waals surface area contributed by atoms with Crippen molar-refractivity contribution in [2.24, 2.45) is 5.41 Å². The SMILES string of the molecule is CC(C)(C)[C@@H](CN(CC(O)c1cccc(Cl)c1)C(=O)O)c1ccc(S(=O)(=O)c2ccc(O)cc2)cc1. The summed E-state index contributed by atoms with van der Waals surface area (Å²) in [6.07, 6.45) is -2.23. The molecule has 0 heterocycles. The van der Waals surface area contributed by atoms with Gasteiger partial charge in [0.05, 0.1) is 22.4 Å². The van der Waals surface area contributed by atoms with Gasteiger partial charge in [-0.3, -0.25) is 0 Å². The summed E-state index contributed by atoms with van der Waals surface area (Å²) < 4.78 is 25.9. The summed E-state index contributed by atoms with van der Waals surface area (Å²) in [6, 6.07) is 18.3. The fourth-order valence-electron chi connectivity index (χ4n) is 4.00. The second-order valence-electron chi connectivity index (χ2n) is 9.74. The van der Waals surface area contributed by atoms with Crippen LogP contribution in [0.5, 0.6) is 5.75 Å². The fourth-order valence-corrected chi connectivity index (χ4v) is 5.46. The standard InChI is InChI=1S/C27H30ClNO6S/c1-27(2,3)24(16-29(26(32)33)17-25(31)19-5-4-6-20(28)15-19)18-7-11-22(12-8-18)36(34,35)23-13-9-21(30)10-14-23/h4-15,24-25,30-31H,16-17H2,1-3H3,(H,32,33)/t24-,25?/m0/s1. The second kappa shape index (κ2) is 10.9. The molecule has 0 saturated carbocycles. The van der Waals surface area contributed by atoms with Crippen molar-refractivity contribution < 1.29 is 28.5 Å². The predicted molar refractivity (Wildman–Crippen MR) is 138 cm³/mol. The van der Waals surface area contributed by atoms with Crippen LogP contribution in [0.15, 0.2) is 82.6 Å². The van der Waals surface area contributed by atoms with Gasteiger partial charge in [0.25, 0.3) is 0 Å². The van der Waals surface area contributed by atoms with Crippen LogP contribution >= 0.6 is 11.6 Å². The summed E-state index contributed by atoms with van der Waals surface area (Å²) in [5.74, 6) is -0.314. The van der Waals surface area contributed by atoms with Gasteiger partial charge in [0.1, 0.15) is 5.75 Å². The first-order valence-electron chi connectivity index (χ1n) is 11.3. The molecule has 0 saturated heterocycles. The Bertz CT molecular complexity index is 1300. The van der Waals surface area contributed by atoms with Gasteiger partial charge in [0.2, 0.25) is 9.84 Å². The summed E-state index contributed by atoms with van der Waals surface area (Å²) in [6.45, 7) is 5.89. The number of aliphatic hydroxyl groups excluding tert-OH is 1. The van der Waals surface area contributed by atoms with E-state index >= 15 is 0 Å². The van der Waals surface area contributed by atoms with Crippen LogP contribution in [0.2, 0.25) is 5.02 Å². The highest BCUT2D eigenvalue weighted by molar-refractivity contribution is 7.91. The first-order valence-corrected chi connectivity index (χ1v) is 13.2. The molecule has 0 fully saturated rings. The summed E-state index contributed by atoms with van der Waals surface area (Å²) in [5, 5.41) is 30.4. The molecule has 1 amide bonds. The van der Waals surface area contributed by atoms with E-state index in [1.54, 1.807) is 36.4 Å². The van der Waals surface area contributed by atoms with Gasteiger partial charge in [-0.2, -0.15) is 0 Å². The van der Waals surface area contributed by atoms with Gasteiger partial charge in [-0.15, -0.1) is 0 Å². The van der Waals surface area contributed by atoms with Crippen molar-refractivity contribution >= 4 is 27.5 Å². The molecule has 0 aliphatic carbocycles. The summed E-state index contributed by atoms with van der Waals surface area (Å²) in [5.41, 5.74) is 0.923. The van der Waals surface area contributed by atoms with Crippen molar-refractivity contribution in [2.45, 2.75) is 42.6 Å². The molecule has 3 aromatic rings. The van der Waals surface area contributed by atoms with Gasteiger partial charge in [-0.05, 0) is 65.1 Å². The zero-order chi connectivity index (χ0) is 26.7. The third-order valence-corrected chi connectivity index (χ3v) is 8.11. The minimum atomic E-state index is -3.78. The lowest BCUT2D eigenvalue weighted by Crippen LogP contribution is -2.40. The Morgan fingerprint density at radius 2 is 1.47 bits per heavy atom. The molecule has 3 rings (SSSR count). The van der Waals surface area contributed by atoms with E-state index < -0.39 is 22.0 Å². The van der Waals surface area contributed by atoms with Crippen LogP contribution in [0.4, 0.5) is 4.79 Å². The van der Waals surface area contributed by atoms with Crippen LogP contribution < -0.4 is 0 Å². The molecule has 192 valence electrons. The molecule has 9 heteroatoms. The lowest BCUT2D eigenvalue weighted by molar-refractivity contribution is 0.0860. The molecular formula is C27H30ClNO6S.